The van der Waals surface area contributed by atoms with Crippen LogP contribution < -0.4 is 14.4 Å². The summed E-state index contributed by atoms with van der Waals surface area (Å²) in [5.41, 5.74) is 1.82. The molecule has 0 saturated carbocycles. The van der Waals surface area contributed by atoms with Crippen LogP contribution in [-0.2, 0) is 11.4 Å². The number of imide groups is 1. The van der Waals surface area contributed by atoms with Crippen LogP contribution in [0.3, 0.4) is 0 Å². The minimum Gasteiger partial charge on any atom is -0.493 e. The number of thioether (sulfide) groups is 1. The van der Waals surface area contributed by atoms with E-state index in [0.29, 0.717) is 27.8 Å². The molecule has 0 radical (unpaired) electrons. The fourth-order valence-electron chi connectivity index (χ4n) is 3.10. The molecular weight excluding hydrogens is 453 g/mol. The molecule has 0 aliphatic carbocycles. The van der Waals surface area contributed by atoms with Gasteiger partial charge in [0.2, 0.25) is 0 Å². The molecule has 1 aliphatic rings. The van der Waals surface area contributed by atoms with Crippen molar-refractivity contribution in [3.05, 3.63) is 93.6 Å². The van der Waals surface area contributed by atoms with Crippen molar-refractivity contribution >= 4 is 46.3 Å². The number of anilines is 1. The number of carbonyl (C=O) groups excluding carboxylic acids is 2. The predicted molar refractivity (Wildman–Crippen MR) is 124 cm³/mol. The number of ether oxygens (including phenoxy) is 2. The fourth-order valence-corrected chi connectivity index (χ4v) is 4.13. The lowest BCUT2D eigenvalue weighted by Gasteiger charge is -2.13. The van der Waals surface area contributed by atoms with Crippen LogP contribution in [0.2, 0.25) is 5.02 Å². The summed E-state index contributed by atoms with van der Waals surface area (Å²) in [6, 6.07) is 17.8. The van der Waals surface area contributed by atoms with E-state index in [9.17, 15) is 14.0 Å². The fraction of sp³-hybridized carbons (Fsp3) is 0.0833. The lowest BCUT2D eigenvalue weighted by molar-refractivity contribution is -0.113. The summed E-state index contributed by atoms with van der Waals surface area (Å²) in [6.07, 6.45) is 1.61. The van der Waals surface area contributed by atoms with Gasteiger partial charge in [0.25, 0.3) is 11.1 Å². The van der Waals surface area contributed by atoms with E-state index in [0.717, 1.165) is 22.2 Å². The SMILES string of the molecule is COc1cc(/C=C2\SC(=O)N(c3ccc(F)cc3)C2=O)ccc1OCc1ccccc1Cl. The maximum atomic E-state index is 13.2. The molecule has 0 spiro atoms. The van der Waals surface area contributed by atoms with E-state index in [4.69, 9.17) is 21.1 Å². The first-order chi connectivity index (χ1) is 15.5. The van der Waals surface area contributed by atoms with Gasteiger partial charge in [-0.25, -0.2) is 9.29 Å². The third kappa shape index (κ3) is 4.64. The van der Waals surface area contributed by atoms with Crippen LogP contribution in [0.15, 0.2) is 71.6 Å². The quantitative estimate of drug-likeness (QED) is 0.396. The van der Waals surface area contributed by atoms with Crippen LogP contribution >= 0.6 is 23.4 Å². The number of hydrogen-bond donors (Lipinski definition) is 0. The summed E-state index contributed by atoms with van der Waals surface area (Å²) in [5.74, 6) is 0.0809. The Bertz CT molecular complexity index is 1210. The largest absolute Gasteiger partial charge is 0.493 e. The molecule has 1 heterocycles. The lowest BCUT2D eigenvalue weighted by Crippen LogP contribution is -2.27. The zero-order chi connectivity index (χ0) is 22.7. The van der Waals surface area contributed by atoms with E-state index in [-0.39, 0.29) is 11.5 Å². The van der Waals surface area contributed by atoms with Crippen LogP contribution in [0.25, 0.3) is 6.08 Å². The Kier molecular flexibility index (Phi) is 6.48. The summed E-state index contributed by atoms with van der Waals surface area (Å²) < 4.78 is 24.4. The van der Waals surface area contributed by atoms with Crippen molar-refractivity contribution in [3.63, 3.8) is 0 Å². The topological polar surface area (TPSA) is 55.8 Å². The van der Waals surface area contributed by atoms with Gasteiger partial charge in [-0.05, 0) is 65.9 Å². The van der Waals surface area contributed by atoms with Crippen molar-refractivity contribution in [1.82, 2.24) is 0 Å². The van der Waals surface area contributed by atoms with E-state index in [1.165, 1.54) is 31.4 Å². The average Bonchev–Trinajstić information content (AvgIpc) is 3.07. The Morgan fingerprint density at radius 2 is 1.78 bits per heavy atom. The van der Waals surface area contributed by atoms with Crippen molar-refractivity contribution in [2.75, 3.05) is 12.0 Å². The van der Waals surface area contributed by atoms with Crippen LogP contribution in [0.1, 0.15) is 11.1 Å². The number of amides is 2. The van der Waals surface area contributed by atoms with E-state index in [1.807, 2.05) is 18.2 Å². The van der Waals surface area contributed by atoms with E-state index in [2.05, 4.69) is 0 Å². The molecule has 0 aromatic heterocycles. The van der Waals surface area contributed by atoms with Crippen LogP contribution in [0.5, 0.6) is 11.5 Å². The predicted octanol–water partition coefficient (Wildman–Crippen LogP) is 6.31. The maximum absolute atomic E-state index is 13.2. The molecule has 8 heteroatoms. The zero-order valence-corrected chi connectivity index (χ0v) is 18.5. The molecule has 3 aromatic rings. The highest BCUT2D eigenvalue weighted by atomic mass is 35.5. The molecule has 4 rings (SSSR count). The Morgan fingerprint density at radius 1 is 1.03 bits per heavy atom. The average molecular weight is 470 g/mol. The van der Waals surface area contributed by atoms with Crippen molar-refractivity contribution in [3.8, 4) is 11.5 Å². The van der Waals surface area contributed by atoms with Crippen LogP contribution in [-0.4, -0.2) is 18.3 Å². The van der Waals surface area contributed by atoms with Gasteiger partial charge in [-0.3, -0.25) is 9.59 Å². The van der Waals surface area contributed by atoms with Gasteiger partial charge < -0.3 is 9.47 Å². The van der Waals surface area contributed by atoms with Gasteiger partial charge in [-0.2, -0.15) is 0 Å². The van der Waals surface area contributed by atoms with E-state index >= 15 is 0 Å². The van der Waals surface area contributed by atoms with Gasteiger partial charge in [0.05, 0.1) is 17.7 Å². The smallest absolute Gasteiger partial charge is 0.298 e. The summed E-state index contributed by atoms with van der Waals surface area (Å²) in [4.78, 5) is 26.4. The molecule has 1 aliphatic heterocycles. The first-order valence-corrected chi connectivity index (χ1v) is 10.7. The summed E-state index contributed by atoms with van der Waals surface area (Å²) in [7, 11) is 1.52. The summed E-state index contributed by atoms with van der Waals surface area (Å²) in [6.45, 7) is 0.270. The first kappa shape index (κ1) is 21.9. The molecule has 0 N–H and O–H groups in total. The maximum Gasteiger partial charge on any atom is 0.298 e. The van der Waals surface area contributed by atoms with Gasteiger partial charge in [-0.1, -0.05) is 35.9 Å². The number of carbonyl (C=O) groups is 2. The molecule has 32 heavy (non-hydrogen) atoms. The molecule has 0 bridgehead atoms. The Balaban J connectivity index is 1.53. The second kappa shape index (κ2) is 9.46. The molecule has 0 atom stereocenters. The highest BCUT2D eigenvalue weighted by Gasteiger charge is 2.36. The number of nitrogens with zero attached hydrogens (tertiary/aromatic N) is 1. The minimum atomic E-state index is -0.468. The second-order valence-corrected chi connectivity index (χ2v) is 8.18. The Morgan fingerprint density at radius 3 is 2.50 bits per heavy atom. The molecular formula is C24H17ClFNO4S. The molecule has 2 amide bonds. The van der Waals surface area contributed by atoms with Crippen molar-refractivity contribution in [2.45, 2.75) is 6.61 Å². The lowest BCUT2D eigenvalue weighted by atomic mass is 10.1. The number of methoxy groups -OCH3 is 1. The number of halogens is 2. The molecule has 162 valence electrons. The number of hydrogen-bond acceptors (Lipinski definition) is 5. The van der Waals surface area contributed by atoms with Crippen molar-refractivity contribution in [2.24, 2.45) is 0 Å². The highest BCUT2D eigenvalue weighted by molar-refractivity contribution is 8.19. The van der Waals surface area contributed by atoms with Crippen molar-refractivity contribution in [1.29, 1.82) is 0 Å². The number of rotatable bonds is 6. The van der Waals surface area contributed by atoms with Gasteiger partial charge >= 0.3 is 0 Å². The Hall–Kier alpha value is -3.29. The van der Waals surface area contributed by atoms with Crippen LogP contribution in [0.4, 0.5) is 14.9 Å². The minimum absolute atomic E-state index is 0.256. The molecule has 1 saturated heterocycles. The molecule has 3 aromatic carbocycles. The normalized spacial score (nSPS) is 14.8. The van der Waals surface area contributed by atoms with Gasteiger partial charge in [0, 0.05) is 10.6 Å². The summed E-state index contributed by atoms with van der Waals surface area (Å²) in [5, 5.41) is 0.166. The zero-order valence-electron chi connectivity index (χ0n) is 16.9. The van der Waals surface area contributed by atoms with E-state index < -0.39 is 17.0 Å². The summed E-state index contributed by atoms with van der Waals surface area (Å²) >= 11 is 6.99. The van der Waals surface area contributed by atoms with Gasteiger partial charge in [0.15, 0.2) is 11.5 Å². The standard InChI is InChI=1S/C24H17ClFNO4S/c1-30-21-12-15(6-11-20(21)31-14-16-4-2-3-5-19(16)25)13-22-23(28)27(24(29)32-22)18-9-7-17(26)8-10-18/h2-13H,14H2,1H3/b22-13-. The Labute approximate surface area is 193 Å². The van der Waals surface area contributed by atoms with Gasteiger partial charge in [-0.15, -0.1) is 0 Å². The molecule has 5 nitrogen and oxygen atoms in total. The van der Waals surface area contributed by atoms with Crippen molar-refractivity contribution < 1.29 is 23.5 Å². The third-order valence-electron chi connectivity index (χ3n) is 4.70. The first-order valence-electron chi connectivity index (χ1n) is 9.54. The second-order valence-electron chi connectivity index (χ2n) is 6.78. The monoisotopic (exact) mass is 469 g/mol. The number of benzene rings is 3. The van der Waals surface area contributed by atoms with Gasteiger partial charge in [0.1, 0.15) is 12.4 Å². The third-order valence-corrected chi connectivity index (χ3v) is 5.94. The van der Waals surface area contributed by atoms with Crippen LogP contribution in [0, 0.1) is 5.82 Å². The molecule has 0 unspecified atom stereocenters. The highest BCUT2D eigenvalue weighted by Crippen LogP contribution is 2.37. The van der Waals surface area contributed by atoms with E-state index in [1.54, 1.807) is 30.3 Å². The molecule has 1 fully saturated rings.